The lowest BCUT2D eigenvalue weighted by Gasteiger charge is -2.07. The third kappa shape index (κ3) is 3.22. The fourth-order valence-electron chi connectivity index (χ4n) is 2.90. The molecule has 0 fully saturated rings. The highest BCUT2D eigenvalue weighted by Gasteiger charge is 2.11. The third-order valence-corrected chi connectivity index (χ3v) is 4.76. The maximum Gasteiger partial charge on any atom is 0.159 e. The van der Waals surface area contributed by atoms with Crippen LogP contribution in [0, 0.1) is 12.7 Å². The molecule has 4 aromatic heterocycles. The van der Waals surface area contributed by atoms with E-state index in [1.807, 2.05) is 23.6 Å². The normalized spacial score (nSPS) is 11.2. The highest BCUT2D eigenvalue weighted by molar-refractivity contribution is 9.10. The van der Waals surface area contributed by atoms with E-state index in [4.69, 9.17) is 0 Å². The van der Waals surface area contributed by atoms with Crippen molar-refractivity contribution in [3.8, 4) is 11.3 Å². The second kappa shape index (κ2) is 6.92. The summed E-state index contributed by atoms with van der Waals surface area (Å²) < 4.78 is 17.3. The van der Waals surface area contributed by atoms with E-state index >= 15 is 0 Å². The second-order valence-electron chi connectivity index (χ2n) is 6.01. The SMILES string of the molecule is Cc1cc(-c2ncc(CCc3nccn4c(Br)cnc34)cc2F)ccn1. The Morgan fingerprint density at radius 2 is 1.92 bits per heavy atom. The molecule has 0 aliphatic heterocycles. The number of halogens is 2. The van der Waals surface area contributed by atoms with Crippen LogP contribution in [0.5, 0.6) is 0 Å². The summed E-state index contributed by atoms with van der Waals surface area (Å²) in [6.45, 7) is 1.87. The quantitative estimate of drug-likeness (QED) is 0.505. The number of nitrogens with zero attached hydrogens (tertiary/aromatic N) is 5. The zero-order valence-corrected chi connectivity index (χ0v) is 15.6. The van der Waals surface area contributed by atoms with Crippen molar-refractivity contribution < 1.29 is 4.39 Å². The maximum absolute atomic E-state index is 14.5. The maximum atomic E-state index is 14.5. The van der Waals surface area contributed by atoms with Crippen LogP contribution in [-0.2, 0) is 12.8 Å². The fourth-order valence-corrected chi connectivity index (χ4v) is 3.29. The highest BCUT2D eigenvalue weighted by Crippen LogP contribution is 2.22. The van der Waals surface area contributed by atoms with E-state index in [-0.39, 0.29) is 5.82 Å². The monoisotopic (exact) mass is 411 g/mol. The molecule has 5 nitrogen and oxygen atoms in total. The molecular formula is C19H15BrFN5. The predicted octanol–water partition coefficient (Wildman–Crippen LogP) is 4.18. The van der Waals surface area contributed by atoms with Crippen molar-refractivity contribution in [1.82, 2.24) is 24.3 Å². The van der Waals surface area contributed by atoms with Gasteiger partial charge in [0.1, 0.15) is 16.1 Å². The molecule has 4 aromatic rings. The van der Waals surface area contributed by atoms with Gasteiger partial charge in [0, 0.05) is 36.0 Å². The first kappa shape index (κ1) is 16.8. The average Bonchev–Trinajstić information content (AvgIpc) is 3.02. The number of aromatic nitrogens is 5. The molecule has 0 aliphatic carbocycles. The van der Waals surface area contributed by atoms with Crippen molar-refractivity contribution >= 4 is 21.6 Å². The Kier molecular flexibility index (Phi) is 4.46. The van der Waals surface area contributed by atoms with Gasteiger partial charge in [0.15, 0.2) is 5.65 Å². The Labute approximate surface area is 158 Å². The van der Waals surface area contributed by atoms with Gasteiger partial charge >= 0.3 is 0 Å². The van der Waals surface area contributed by atoms with Crippen molar-refractivity contribution in [3.63, 3.8) is 0 Å². The number of hydrogen-bond donors (Lipinski definition) is 0. The Morgan fingerprint density at radius 3 is 2.73 bits per heavy atom. The topological polar surface area (TPSA) is 56.0 Å². The van der Waals surface area contributed by atoms with Crippen molar-refractivity contribution in [3.05, 3.63) is 76.6 Å². The third-order valence-electron chi connectivity index (χ3n) is 4.17. The van der Waals surface area contributed by atoms with Gasteiger partial charge in [-0.25, -0.2) is 9.37 Å². The van der Waals surface area contributed by atoms with Crippen molar-refractivity contribution in [2.45, 2.75) is 19.8 Å². The van der Waals surface area contributed by atoms with Gasteiger partial charge < -0.3 is 0 Å². The molecule has 130 valence electrons. The summed E-state index contributed by atoms with van der Waals surface area (Å²) in [6, 6.07) is 5.13. The molecule has 0 N–H and O–H groups in total. The lowest BCUT2D eigenvalue weighted by Crippen LogP contribution is -2.01. The van der Waals surface area contributed by atoms with Gasteiger partial charge in [-0.3, -0.25) is 19.4 Å². The number of hydrogen-bond acceptors (Lipinski definition) is 4. The minimum atomic E-state index is -0.331. The minimum Gasteiger partial charge on any atom is -0.291 e. The van der Waals surface area contributed by atoms with Crippen molar-refractivity contribution in [1.29, 1.82) is 0 Å². The van der Waals surface area contributed by atoms with Crippen LogP contribution < -0.4 is 0 Å². The largest absolute Gasteiger partial charge is 0.291 e. The molecule has 0 saturated carbocycles. The highest BCUT2D eigenvalue weighted by atomic mass is 79.9. The van der Waals surface area contributed by atoms with Crippen molar-refractivity contribution in [2.75, 3.05) is 0 Å². The predicted molar refractivity (Wildman–Crippen MR) is 100 cm³/mol. The van der Waals surface area contributed by atoms with E-state index in [1.54, 1.807) is 36.9 Å². The van der Waals surface area contributed by atoms with Gasteiger partial charge in [-0.15, -0.1) is 0 Å². The van der Waals surface area contributed by atoms with Crippen LogP contribution in [0.25, 0.3) is 16.9 Å². The van der Waals surface area contributed by atoms with Gasteiger partial charge in [0.25, 0.3) is 0 Å². The summed E-state index contributed by atoms with van der Waals surface area (Å²) >= 11 is 3.45. The Bertz CT molecular complexity index is 1090. The lowest BCUT2D eigenvalue weighted by atomic mass is 10.1. The van der Waals surface area contributed by atoms with Crippen LogP contribution in [0.4, 0.5) is 4.39 Å². The molecule has 0 bridgehead atoms. The Balaban J connectivity index is 1.56. The molecule has 0 atom stereocenters. The summed E-state index contributed by atoms with van der Waals surface area (Å²) in [5, 5.41) is 0. The zero-order valence-electron chi connectivity index (χ0n) is 14.0. The van der Waals surface area contributed by atoms with E-state index in [9.17, 15) is 4.39 Å². The number of fused-ring (bicyclic) bond motifs is 1. The van der Waals surface area contributed by atoms with Gasteiger partial charge in [-0.2, -0.15) is 0 Å². The molecule has 0 saturated heterocycles. The van der Waals surface area contributed by atoms with Crippen molar-refractivity contribution in [2.24, 2.45) is 0 Å². The van der Waals surface area contributed by atoms with Crippen LogP contribution >= 0.6 is 15.9 Å². The average molecular weight is 412 g/mol. The van der Waals surface area contributed by atoms with E-state index in [0.717, 1.165) is 32.8 Å². The van der Waals surface area contributed by atoms with E-state index < -0.39 is 0 Å². The van der Waals surface area contributed by atoms with E-state index in [2.05, 4.69) is 35.9 Å². The number of imidazole rings is 1. The summed E-state index contributed by atoms with van der Waals surface area (Å²) in [6.07, 6.45) is 10.0. The molecule has 7 heteroatoms. The second-order valence-corrected chi connectivity index (χ2v) is 6.82. The first-order valence-electron chi connectivity index (χ1n) is 8.16. The molecule has 0 aromatic carbocycles. The van der Waals surface area contributed by atoms with E-state index in [0.29, 0.717) is 18.5 Å². The smallest absolute Gasteiger partial charge is 0.159 e. The van der Waals surface area contributed by atoms with E-state index in [1.165, 1.54) is 0 Å². The van der Waals surface area contributed by atoms with Crippen LogP contribution in [0.3, 0.4) is 0 Å². The standard InChI is InChI=1S/C19H15BrFN5/c1-12-8-14(4-5-22-12)18-15(21)9-13(10-24-18)2-3-16-19-25-11-17(20)26(19)7-6-23-16/h4-11H,2-3H2,1H3. The fraction of sp³-hybridized carbons (Fsp3) is 0.158. The molecule has 0 aliphatic rings. The van der Waals surface area contributed by atoms with Crippen LogP contribution in [0.1, 0.15) is 17.0 Å². The molecule has 4 rings (SSSR count). The molecule has 0 radical (unpaired) electrons. The van der Waals surface area contributed by atoms with Gasteiger partial charge in [0.2, 0.25) is 0 Å². The number of aryl methyl sites for hydroxylation is 3. The van der Waals surface area contributed by atoms with Crippen LogP contribution in [0.2, 0.25) is 0 Å². The number of pyridine rings is 2. The zero-order chi connectivity index (χ0) is 18.1. The molecular weight excluding hydrogens is 397 g/mol. The Morgan fingerprint density at radius 1 is 1.04 bits per heavy atom. The summed E-state index contributed by atoms with van der Waals surface area (Å²) in [4.78, 5) is 17.2. The first-order valence-corrected chi connectivity index (χ1v) is 8.95. The molecule has 0 amide bonds. The van der Waals surface area contributed by atoms with Gasteiger partial charge in [-0.05, 0) is 59.5 Å². The van der Waals surface area contributed by atoms with Gasteiger partial charge in [0.05, 0.1) is 11.9 Å². The summed E-state index contributed by atoms with van der Waals surface area (Å²) in [5.74, 6) is -0.331. The number of rotatable bonds is 4. The molecule has 4 heterocycles. The van der Waals surface area contributed by atoms with Crippen LogP contribution in [-0.4, -0.2) is 24.3 Å². The van der Waals surface area contributed by atoms with Crippen LogP contribution in [0.15, 0.2) is 53.8 Å². The summed E-state index contributed by atoms with van der Waals surface area (Å²) in [7, 11) is 0. The minimum absolute atomic E-state index is 0.331. The molecule has 0 unspecified atom stereocenters. The Hall–Kier alpha value is -2.67. The molecule has 0 spiro atoms. The summed E-state index contributed by atoms with van der Waals surface area (Å²) in [5.41, 5.74) is 4.40. The first-order chi connectivity index (χ1) is 12.6. The lowest BCUT2D eigenvalue weighted by molar-refractivity contribution is 0.622. The van der Waals surface area contributed by atoms with Gasteiger partial charge in [-0.1, -0.05) is 0 Å². The molecule has 26 heavy (non-hydrogen) atoms.